The van der Waals surface area contributed by atoms with E-state index in [-0.39, 0.29) is 17.4 Å². The van der Waals surface area contributed by atoms with Gasteiger partial charge in [0.1, 0.15) is 12.7 Å². The third-order valence-corrected chi connectivity index (χ3v) is 5.58. The lowest BCUT2D eigenvalue weighted by molar-refractivity contribution is -0.310. The second-order valence-electron chi connectivity index (χ2n) is 7.07. The third-order valence-electron chi connectivity index (χ3n) is 5.58. The standard InChI is InChI=1S/C14H19N3O2/c18-12(19)6-13-2-10-1-11(3-13)5-14(4-10,7-13)17-9-15-8-16-17/h8-11H,1-7H2,(H,18,19)/p-1/t10-,11+,13?,14?. The Hall–Kier alpha value is -1.39. The first-order valence-electron chi connectivity index (χ1n) is 7.14. The summed E-state index contributed by atoms with van der Waals surface area (Å²) in [5, 5.41) is 15.5. The maximum Gasteiger partial charge on any atom is 0.137 e. The van der Waals surface area contributed by atoms with Crippen molar-refractivity contribution in [3.63, 3.8) is 0 Å². The van der Waals surface area contributed by atoms with Crippen LogP contribution in [0.25, 0.3) is 0 Å². The molecule has 1 aromatic heterocycles. The van der Waals surface area contributed by atoms with Crippen molar-refractivity contribution in [3.05, 3.63) is 12.7 Å². The smallest absolute Gasteiger partial charge is 0.137 e. The van der Waals surface area contributed by atoms with E-state index in [9.17, 15) is 9.90 Å². The molecule has 4 fully saturated rings. The molecule has 2 unspecified atom stereocenters. The molecular formula is C14H18N3O2-. The highest BCUT2D eigenvalue weighted by Gasteiger charge is 2.58. The van der Waals surface area contributed by atoms with Crippen molar-refractivity contribution in [1.82, 2.24) is 14.8 Å². The lowest BCUT2D eigenvalue weighted by atomic mass is 9.46. The Balaban J connectivity index is 1.74. The number of rotatable bonds is 3. The van der Waals surface area contributed by atoms with Crippen LogP contribution in [0, 0.1) is 17.3 Å². The summed E-state index contributed by atoms with van der Waals surface area (Å²) in [6.45, 7) is 0. The van der Waals surface area contributed by atoms with E-state index >= 15 is 0 Å². The van der Waals surface area contributed by atoms with E-state index in [1.807, 2.05) is 4.68 Å². The van der Waals surface area contributed by atoms with Crippen LogP contribution in [0.5, 0.6) is 0 Å². The summed E-state index contributed by atoms with van der Waals surface area (Å²) < 4.78 is 2.01. The van der Waals surface area contributed by atoms with Gasteiger partial charge in [0, 0.05) is 5.97 Å². The predicted octanol–water partition coefficient (Wildman–Crippen LogP) is 0.714. The zero-order valence-electron chi connectivity index (χ0n) is 10.9. The van der Waals surface area contributed by atoms with Gasteiger partial charge in [-0.15, -0.1) is 0 Å². The van der Waals surface area contributed by atoms with Gasteiger partial charge < -0.3 is 9.90 Å². The summed E-state index contributed by atoms with van der Waals surface area (Å²) in [6.07, 6.45) is 10.2. The Morgan fingerprint density at radius 2 is 2.05 bits per heavy atom. The maximum atomic E-state index is 11.1. The Morgan fingerprint density at radius 1 is 1.32 bits per heavy atom. The Kier molecular flexibility index (Phi) is 2.16. The average molecular weight is 260 g/mol. The Labute approximate surface area is 112 Å². The lowest BCUT2D eigenvalue weighted by Gasteiger charge is -2.62. The fourth-order valence-corrected chi connectivity index (χ4v) is 5.64. The molecular weight excluding hydrogens is 242 g/mol. The van der Waals surface area contributed by atoms with Crippen LogP contribution < -0.4 is 5.11 Å². The highest BCUT2D eigenvalue weighted by Crippen LogP contribution is 2.65. The number of hydrogen-bond acceptors (Lipinski definition) is 4. The van der Waals surface area contributed by atoms with Crippen LogP contribution in [0.4, 0.5) is 0 Å². The van der Waals surface area contributed by atoms with Gasteiger partial charge in [0.25, 0.3) is 0 Å². The second-order valence-corrected chi connectivity index (χ2v) is 7.07. The molecule has 5 nitrogen and oxygen atoms in total. The van der Waals surface area contributed by atoms with Gasteiger partial charge in [-0.25, -0.2) is 9.67 Å². The number of aromatic nitrogens is 3. The quantitative estimate of drug-likeness (QED) is 0.802. The van der Waals surface area contributed by atoms with Gasteiger partial charge in [-0.2, -0.15) is 5.10 Å². The summed E-state index contributed by atoms with van der Waals surface area (Å²) in [6, 6.07) is 0. The van der Waals surface area contributed by atoms with Gasteiger partial charge >= 0.3 is 0 Å². The molecule has 5 rings (SSSR count). The van der Waals surface area contributed by atoms with Crippen LogP contribution in [-0.2, 0) is 10.3 Å². The first kappa shape index (κ1) is 11.4. The largest absolute Gasteiger partial charge is 0.550 e. The van der Waals surface area contributed by atoms with Gasteiger partial charge in [0.05, 0.1) is 5.54 Å². The Bertz CT molecular complexity index is 497. The van der Waals surface area contributed by atoms with E-state index in [4.69, 9.17) is 0 Å². The molecule has 4 bridgehead atoms. The van der Waals surface area contributed by atoms with Crippen LogP contribution in [0.1, 0.15) is 44.9 Å². The van der Waals surface area contributed by atoms with E-state index in [1.165, 1.54) is 6.42 Å². The number of carbonyl (C=O) groups is 1. The third kappa shape index (κ3) is 1.63. The molecule has 5 heteroatoms. The van der Waals surface area contributed by atoms with Crippen molar-refractivity contribution in [2.45, 2.75) is 50.5 Å². The lowest BCUT2D eigenvalue weighted by Crippen LogP contribution is -2.57. The van der Waals surface area contributed by atoms with Crippen LogP contribution in [0.15, 0.2) is 12.7 Å². The van der Waals surface area contributed by atoms with Crippen molar-refractivity contribution in [1.29, 1.82) is 0 Å². The fourth-order valence-electron chi connectivity index (χ4n) is 5.64. The Morgan fingerprint density at radius 3 is 2.63 bits per heavy atom. The molecule has 0 N–H and O–H groups in total. The number of carbonyl (C=O) groups excluding carboxylic acids is 1. The van der Waals surface area contributed by atoms with Crippen molar-refractivity contribution < 1.29 is 9.90 Å². The van der Waals surface area contributed by atoms with Gasteiger partial charge in [-0.3, -0.25) is 0 Å². The number of carboxylic acid groups (broad SMARTS) is 1. The molecule has 0 amide bonds. The molecule has 4 saturated carbocycles. The van der Waals surface area contributed by atoms with Crippen LogP contribution in [-0.4, -0.2) is 20.7 Å². The zero-order valence-corrected chi connectivity index (χ0v) is 10.9. The summed E-state index contributed by atoms with van der Waals surface area (Å²) in [5.41, 5.74) is -0.0229. The van der Waals surface area contributed by atoms with E-state index in [0.29, 0.717) is 11.8 Å². The van der Waals surface area contributed by atoms with Crippen LogP contribution in [0.3, 0.4) is 0 Å². The molecule has 102 valence electrons. The minimum Gasteiger partial charge on any atom is -0.550 e. The highest BCUT2D eigenvalue weighted by molar-refractivity contribution is 5.65. The molecule has 0 radical (unpaired) electrons. The average Bonchev–Trinajstić information content (AvgIpc) is 2.78. The van der Waals surface area contributed by atoms with E-state index in [0.717, 1.165) is 32.1 Å². The zero-order chi connectivity index (χ0) is 13.1. The highest BCUT2D eigenvalue weighted by atomic mass is 16.4. The molecule has 0 saturated heterocycles. The second kappa shape index (κ2) is 3.58. The van der Waals surface area contributed by atoms with Crippen molar-refractivity contribution in [2.75, 3.05) is 0 Å². The van der Waals surface area contributed by atoms with Gasteiger partial charge in [-0.1, -0.05) is 0 Å². The SMILES string of the molecule is O=C([O-])CC12C[C@H]3C[C@@H](C1)CC(n1cncn1)(C3)C2. The molecule has 0 aromatic carbocycles. The van der Waals surface area contributed by atoms with Crippen molar-refractivity contribution in [2.24, 2.45) is 17.3 Å². The monoisotopic (exact) mass is 260 g/mol. The summed E-state index contributed by atoms with van der Waals surface area (Å²) in [5.74, 6) is 0.422. The molecule has 4 aliphatic carbocycles. The summed E-state index contributed by atoms with van der Waals surface area (Å²) in [4.78, 5) is 15.2. The predicted molar refractivity (Wildman–Crippen MR) is 64.7 cm³/mol. The van der Waals surface area contributed by atoms with Crippen LogP contribution >= 0.6 is 0 Å². The first-order chi connectivity index (χ1) is 9.09. The maximum absolute atomic E-state index is 11.1. The summed E-state index contributed by atoms with van der Waals surface area (Å²) >= 11 is 0. The minimum absolute atomic E-state index is 0.0238. The molecule has 1 aromatic rings. The number of hydrogen-bond donors (Lipinski definition) is 0. The number of carboxylic acids is 1. The number of nitrogens with zero attached hydrogens (tertiary/aromatic N) is 3. The van der Waals surface area contributed by atoms with Crippen LogP contribution in [0.2, 0.25) is 0 Å². The topological polar surface area (TPSA) is 70.8 Å². The van der Waals surface area contributed by atoms with E-state index in [2.05, 4.69) is 10.1 Å². The van der Waals surface area contributed by atoms with Gasteiger partial charge in [0.2, 0.25) is 0 Å². The van der Waals surface area contributed by atoms with Crippen molar-refractivity contribution >= 4 is 5.97 Å². The van der Waals surface area contributed by atoms with Gasteiger partial charge in [0.15, 0.2) is 0 Å². The molecule has 0 spiro atoms. The minimum atomic E-state index is -0.893. The first-order valence-corrected chi connectivity index (χ1v) is 7.14. The van der Waals surface area contributed by atoms with Crippen molar-refractivity contribution in [3.8, 4) is 0 Å². The molecule has 0 aliphatic heterocycles. The normalized spacial score (nSPS) is 43.6. The van der Waals surface area contributed by atoms with E-state index in [1.54, 1.807) is 12.7 Å². The van der Waals surface area contributed by atoms with Gasteiger partial charge in [-0.05, 0) is 62.2 Å². The molecule has 4 aliphatic rings. The number of aliphatic carboxylic acids is 1. The molecule has 4 atom stereocenters. The molecule has 19 heavy (non-hydrogen) atoms. The van der Waals surface area contributed by atoms with E-state index < -0.39 is 5.97 Å². The molecule has 1 heterocycles. The fraction of sp³-hybridized carbons (Fsp3) is 0.786. The summed E-state index contributed by atoms with van der Waals surface area (Å²) in [7, 11) is 0.